The minimum Gasteiger partial charge on any atom is -0.311 e. The molecular weight excluding hydrogens is 238 g/mol. The zero-order valence-electron chi connectivity index (χ0n) is 10.1. The van der Waals surface area contributed by atoms with Crippen LogP contribution in [-0.4, -0.2) is 39.3 Å². The predicted molar refractivity (Wildman–Crippen MR) is 73.6 cm³/mol. The number of rotatable bonds is 3. The minimum absolute atomic E-state index is 0.518. The standard InChI is InChI=1S/C12H23NOS2/c1-15-12-4-2-10(3-5-12)13-11-6-8-16(14)9-7-11/h10-13H,2-9H2,1H3. The van der Waals surface area contributed by atoms with Crippen LogP contribution in [0.2, 0.25) is 0 Å². The molecule has 2 nitrogen and oxygen atoms in total. The van der Waals surface area contributed by atoms with Gasteiger partial charge in [-0.1, -0.05) is 0 Å². The largest absolute Gasteiger partial charge is 0.311 e. The van der Waals surface area contributed by atoms with Gasteiger partial charge in [0.15, 0.2) is 0 Å². The fourth-order valence-corrected chi connectivity index (χ4v) is 4.80. The molecule has 94 valence electrons. The van der Waals surface area contributed by atoms with Crippen molar-refractivity contribution in [3.8, 4) is 0 Å². The highest BCUT2D eigenvalue weighted by Gasteiger charge is 2.24. The van der Waals surface area contributed by atoms with E-state index in [2.05, 4.69) is 11.6 Å². The molecule has 0 unspecified atom stereocenters. The summed E-state index contributed by atoms with van der Waals surface area (Å²) in [4.78, 5) is 0. The van der Waals surface area contributed by atoms with Crippen LogP contribution >= 0.6 is 11.8 Å². The lowest BCUT2D eigenvalue weighted by Crippen LogP contribution is -2.43. The van der Waals surface area contributed by atoms with Gasteiger partial charge in [-0.2, -0.15) is 11.8 Å². The lowest BCUT2D eigenvalue weighted by Gasteiger charge is -2.33. The molecule has 0 aromatic carbocycles. The van der Waals surface area contributed by atoms with Gasteiger partial charge in [-0.05, 0) is 44.8 Å². The van der Waals surface area contributed by atoms with Crippen LogP contribution in [0.5, 0.6) is 0 Å². The Labute approximate surface area is 106 Å². The first-order valence-corrected chi connectivity index (χ1v) is 9.19. The Kier molecular flexibility index (Phi) is 5.17. The van der Waals surface area contributed by atoms with E-state index in [0.717, 1.165) is 35.6 Å². The first-order chi connectivity index (χ1) is 7.78. The zero-order chi connectivity index (χ0) is 11.4. The van der Waals surface area contributed by atoms with E-state index < -0.39 is 10.8 Å². The summed E-state index contributed by atoms with van der Waals surface area (Å²) in [6.45, 7) is 0. The van der Waals surface area contributed by atoms with Crippen molar-refractivity contribution in [1.82, 2.24) is 5.32 Å². The van der Waals surface area contributed by atoms with Crippen LogP contribution in [0.1, 0.15) is 38.5 Å². The van der Waals surface area contributed by atoms with E-state index in [-0.39, 0.29) is 0 Å². The van der Waals surface area contributed by atoms with Gasteiger partial charge in [0, 0.05) is 39.6 Å². The highest BCUT2D eigenvalue weighted by Crippen LogP contribution is 2.27. The molecule has 1 heterocycles. The van der Waals surface area contributed by atoms with Crippen molar-refractivity contribution in [2.75, 3.05) is 17.8 Å². The normalized spacial score (nSPS) is 40.8. The molecule has 4 heteroatoms. The van der Waals surface area contributed by atoms with Crippen molar-refractivity contribution in [2.45, 2.75) is 55.9 Å². The topological polar surface area (TPSA) is 29.1 Å². The molecule has 1 saturated carbocycles. The van der Waals surface area contributed by atoms with Crippen LogP contribution < -0.4 is 5.32 Å². The molecular formula is C12H23NOS2. The van der Waals surface area contributed by atoms with Gasteiger partial charge in [-0.3, -0.25) is 4.21 Å². The molecule has 0 atom stereocenters. The Hall–Kier alpha value is 0.460. The highest BCUT2D eigenvalue weighted by atomic mass is 32.2. The molecule has 0 aromatic heterocycles. The molecule has 1 saturated heterocycles. The van der Waals surface area contributed by atoms with Crippen LogP contribution in [0.3, 0.4) is 0 Å². The molecule has 1 aliphatic carbocycles. The van der Waals surface area contributed by atoms with Gasteiger partial charge >= 0.3 is 0 Å². The van der Waals surface area contributed by atoms with Crippen molar-refractivity contribution >= 4 is 22.6 Å². The fourth-order valence-electron chi connectivity index (χ4n) is 2.76. The maximum absolute atomic E-state index is 11.3. The van der Waals surface area contributed by atoms with Crippen molar-refractivity contribution < 1.29 is 4.21 Å². The average Bonchev–Trinajstić information content (AvgIpc) is 2.33. The second kappa shape index (κ2) is 6.41. The minimum atomic E-state index is -0.518. The summed E-state index contributed by atoms with van der Waals surface area (Å²) in [7, 11) is -0.518. The first kappa shape index (κ1) is 12.9. The van der Waals surface area contributed by atoms with E-state index in [1.807, 2.05) is 11.8 Å². The number of hydrogen-bond acceptors (Lipinski definition) is 3. The summed E-state index contributed by atoms with van der Waals surface area (Å²) in [5.41, 5.74) is 0. The molecule has 2 aliphatic rings. The number of nitrogens with one attached hydrogen (secondary N) is 1. The number of hydrogen-bond donors (Lipinski definition) is 1. The van der Waals surface area contributed by atoms with E-state index in [4.69, 9.17) is 0 Å². The quantitative estimate of drug-likeness (QED) is 0.844. The fraction of sp³-hybridized carbons (Fsp3) is 1.00. The Morgan fingerprint density at radius 2 is 1.56 bits per heavy atom. The smallest absolute Gasteiger partial charge is 0.0249 e. The molecule has 2 rings (SSSR count). The molecule has 0 aromatic rings. The van der Waals surface area contributed by atoms with E-state index >= 15 is 0 Å². The lowest BCUT2D eigenvalue weighted by atomic mass is 9.94. The van der Waals surface area contributed by atoms with Gasteiger partial charge in [0.25, 0.3) is 0 Å². The predicted octanol–water partition coefficient (Wildman–Crippen LogP) is 2.16. The number of thioether (sulfide) groups is 1. The summed E-state index contributed by atoms with van der Waals surface area (Å²) in [6.07, 6.45) is 9.89. The molecule has 16 heavy (non-hydrogen) atoms. The van der Waals surface area contributed by atoms with E-state index in [1.165, 1.54) is 25.7 Å². The molecule has 0 amide bonds. The highest BCUT2D eigenvalue weighted by molar-refractivity contribution is 7.99. The van der Waals surface area contributed by atoms with Gasteiger partial charge in [0.1, 0.15) is 0 Å². The van der Waals surface area contributed by atoms with Crippen LogP contribution in [0, 0.1) is 0 Å². The average molecular weight is 261 g/mol. The van der Waals surface area contributed by atoms with Gasteiger partial charge < -0.3 is 5.32 Å². The second-order valence-electron chi connectivity index (χ2n) is 5.00. The summed E-state index contributed by atoms with van der Waals surface area (Å²) in [5, 5.41) is 4.68. The molecule has 1 aliphatic heterocycles. The summed E-state index contributed by atoms with van der Waals surface area (Å²) in [5.74, 6) is 1.83. The monoisotopic (exact) mass is 261 g/mol. The zero-order valence-corrected chi connectivity index (χ0v) is 11.7. The molecule has 0 spiro atoms. The van der Waals surface area contributed by atoms with E-state index in [1.54, 1.807) is 0 Å². The third-order valence-corrected chi connectivity index (χ3v) is 6.39. The maximum Gasteiger partial charge on any atom is 0.0249 e. The Morgan fingerprint density at radius 1 is 1.00 bits per heavy atom. The Bertz CT molecular complexity index is 229. The van der Waals surface area contributed by atoms with Gasteiger partial charge in [0.2, 0.25) is 0 Å². The second-order valence-corrected chi connectivity index (χ2v) is 7.83. The Balaban J connectivity index is 1.68. The van der Waals surface area contributed by atoms with Crippen molar-refractivity contribution in [1.29, 1.82) is 0 Å². The molecule has 1 N–H and O–H groups in total. The lowest BCUT2D eigenvalue weighted by molar-refractivity contribution is 0.329. The first-order valence-electron chi connectivity index (χ1n) is 6.41. The van der Waals surface area contributed by atoms with Crippen LogP contribution in [0.4, 0.5) is 0 Å². The van der Waals surface area contributed by atoms with E-state index in [9.17, 15) is 4.21 Å². The summed E-state index contributed by atoms with van der Waals surface area (Å²) < 4.78 is 11.3. The molecule has 2 fully saturated rings. The molecule has 0 radical (unpaired) electrons. The van der Waals surface area contributed by atoms with Crippen molar-refractivity contribution in [3.05, 3.63) is 0 Å². The van der Waals surface area contributed by atoms with Crippen LogP contribution in [-0.2, 0) is 10.8 Å². The third-order valence-electron chi connectivity index (χ3n) is 3.87. The summed E-state index contributed by atoms with van der Waals surface area (Å²) in [6, 6.07) is 1.38. The van der Waals surface area contributed by atoms with Gasteiger partial charge in [-0.15, -0.1) is 0 Å². The Morgan fingerprint density at radius 3 is 2.12 bits per heavy atom. The van der Waals surface area contributed by atoms with Crippen LogP contribution in [0.25, 0.3) is 0 Å². The van der Waals surface area contributed by atoms with Gasteiger partial charge in [0.05, 0.1) is 0 Å². The SMILES string of the molecule is CSC1CCC(NC2CCS(=O)CC2)CC1. The van der Waals surface area contributed by atoms with Crippen LogP contribution in [0.15, 0.2) is 0 Å². The summed E-state index contributed by atoms with van der Waals surface area (Å²) >= 11 is 2.03. The van der Waals surface area contributed by atoms with Crippen molar-refractivity contribution in [2.24, 2.45) is 0 Å². The molecule has 0 bridgehead atoms. The van der Waals surface area contributed by atoms with E-state index in [0.29, 0.717) is 6.04 Å². The van der Waals surface area contributed by atoms with Gasteiger partial charge in [-0.25, -0.2) is 0 Å². The van der Waals surface area contributed by atoms with Crippen molar-refractivity contribution in [3.63, 3.8) is 0 Å². The third kappa shape index (κ3) is 3.74. The maximum atomic E-state index is 11.3.